The van der Waals surface area contributed by atoms with Gasteiger partial charge in [0.25, 0.3) is 5.91 Å². The molecule has 2 aromatic carbocycles. The summed E-state index contributed by atoms with van der Waals surface area (Å²) >= 11 is 13.4. The number of anilines is 1. The second-order valence-electron chi connectivity index (χ2n) is 4.23. The molecule has 0 bridgehead atoms. The van der Waals surface area contributed by atoms with Crippen LogP contribution in [0.3, 0.4) is 0 Å². The summed E-state index contributed by atoms with van der Waals surface area (Å²) in [5.41, 5.74) is 0.645. The maximum Gasteiger partial charge on any atom is 0.326 e. The first-order valence-electron chi connectivity index (χ1n) is 6.21. The molecule has 0 fully saturated rings. The number of amides is 3. The molecule has 22 heavy (non-hydrogen) atoms. The molecule has 0 atom stereocenters. The molecule has 0 heterocycles. The van der Waals surface area contributed by atoms with Crippen LogP contribution in [0.5, 0.6) is 0 Å². The summed E-state index contributed by atoms with van der Waals surface area (Å²) in [5, 5.41) is 5.12. The third-order valence-corrected chi connectivity index (χ3v) is 4.14. The SMILES string of the molecule is CSc1ccc(NC(=O)NC(=O)c2c(Cl)cccc2Cl)cc1. The summed E-state index contributed by atoms with van der Waals surface area (Å²) in [6, 6.07) is 11.3. The van der Waals surface area contributed by atoms with Gasteiger partial charge in [-0.05, 0) is 42.7 Å². The van der Waals surface area contributed by atoms with Crippen molar-refractivity contribution in [3.8, 4) is 0 Å². The van der Waals surface area contributed by atoms with Gasteiger partial charge in [0.05, 0.1) is 15.6 Å². The maximum absolute atomic E-state index is 12.0. The van der Waals surface area contributed by atoms with Gasteiger partial charge in [-0.15, -0.1) is 11.8 Å². The number of nitrogens with one attached hydrogen (secondary N) is 2. The number of hydrogen-bond acceptors (Lipinski definition) is 3. The lowest BCUT2D eigenvalue weighted by molar-refractivity contribution is 0.0967. The van der Waals surface area contributed by atoms with E-state index in [2.05, 4.69) is 10.6 Å². The van der Waals surface area contributed by atoms with Crippen molar-refractivity contribution in [3.05, 3.63) is 58.1 Å². The zero-order chi connectivity index (χ0) is 16.1. The largest absolute Gasteiger partial charge is 0.326 e. The van der Waals surface area contributed by atoms with E-state index in [1.165, 1.54) is 12.1 Å². The Kier molecular flexibility index (Phi) is 5.71. The number of halogens is 2. The maximum atomic E-state index is 12.0. The number of thioether (sulfide) groups is 1. The predicted octanol–water partition coefficient (Wildman–Crippen LogP) is 4.68. The molecule has 7 heteroatoms. The van der Waals surface area contributed by atoms with E-state index in [0.29, 0.717) is 5.69 Å². The fourth-order valence-electron chi connectivity index (χ4n) is 1.72. The van der Waals surface area contributed by atoms with Crippen LogP contribution in [0.25, 0.3) is 0 Å². The summed E-state index contributed by atoms with van der Waals surface area (Å²) in [6.07, 6.45) is 1.96. The smallest absolute Gasteiger partial charge is 0.308 e. The Morgan fingerprint density at radius 3 is 2.14 bits per heavy atom. The van der Waals surface area contributed by atoms with Crippen LogP contribution < -0.4 is 10.6 Å². The van der Waals surface area contributed by atoms with Crippen LogP contribution in [0, 0.1) is 0 Å². The Morgan fingerprint density at radius 2 is 1.59 bits per heavy atom. The molecule has 0 saturated heterocycles. The van der Waals surface area contributed by atoms with Gasteiger partial charge < -0.3 is 5.32 Å². The number of benzene rings is 2. The molecule has 0 aliphatic rings. The third-order valence-electron chi connectivity index (χ3n) is 2.76. The Balaban J connectivity index is 2.03. The minimum absolute atomic E-state index is 0.0683. The molecule has 2 rings (SSSR count). The highest BCUT2D eigenvalue weighted by molar-refractivity contribution is 7.98. The number of rotatable bonds is 3. The molecule has 0 unspecified atom stereocenters. The molecule has 2 aromatic rings. The standard InChI is InChI=1S/C15H12Cl2N2O2S/c1-22-10-7-5-9(6-8-10)18-15(21)19-14(20)13-11(16)3-2-4-12(13)17/h2-8H,1H3,(H2,18,19,20,21). The van der Waals surface area contributed by atoms with E-state index in [0.717, 1.165) is 4.90 Å². The highest BCUT2D eigenvalue weighted by atomic mass is 35.5. The summed E-state index contributed by atoms with van der Waals surface area (Å²) in [5.74, 6) is -0.658. The molecule has 3 amide bonds. The second kappa shape index (κ2) is 7.54. The van der Waals surface area contributed by atoms with Gasteiger partial charge in [-0.25, -0.2) is 4.79 Å². The molecule has 0 aromatic heterocycles. The topological polar surface area (TPSA) is 58.2 Å². The van der Waals surface area contributed by atoms with Gasteiger partial charge in [-0.2, -0.15) is 0 Å². The summed E-state index contributed by atoms with van der Waals surface area (Å²) in [6.45, 7) is 0. The first-order valence-corrected chi connectivity index (χ1v) is 8.19. The Bertz CT molecular complexity index is 685. The fraction of sp³-hybridized carbons (Fsp3) is 0.0667. The molecule has 4 nitrogen and oxygen atoms in total. The summed E-state index contributed by atoms with van der Waals surface area (Å²) < 4.78 is 0. The average Bonchev–Trinajstić information content (AvgIpc) is 2.47. The van der Waals surface area contributed by atoms with Crippen molar-refractivity contribution in [3.63, 3.8) is 0 Å². The van der Waals surface area contributed by atoms with E-state index >= 15 is 0 Å². The van der Waals surface area contributed by atoms with Crippen LogP contribution in [0.4, 0.5) is 10.5 Å². The zero-order valence-corrected chi connectivity index (χ0v) is 13.9. The first-order chi connectivity index (χ1) is 10.5. The minimum atomic E-state index is -0.658. The lowest BCUT2D eigenvalue weighted by Crippen LogP contribution is -2.34. The average molecular weight is 355 g/mol. The van der Waals surface area contributed by atoms with Crippen LogP contribution in [0.2, 0.25) is 10.0 Å². The van der Waals surface area contributed by atoms with Crippen molar-refractivity contribution in [2.45, 2.75) is 4.90 Å². The third kappa shape index (κ3) is 4.16. The van der Waals surface area contributed by atoms with Crippen molar-refractivity contribution in [2.75, 3.05) is 11.6 Å². The Labute approximate surface area is 142 Å². The molecular formula is C15H12Cl2N2O2S. The predicted molar refractivity (Wildman–Crippen MR) is 91.2 cm³/mol. The van der Waals surface area contributed by atoms with E-state index in [-0.39, 0.29) is 15.6 Å². The zero-order valence-electron chi connectivity index (χ0n) is 11.5. The van der Waals surface area contributed by atoms with E-state index in [1.807, 2.05) is 18.4 Å². The number of carbonyl (C=O) groups excluding carboxylic acids is 2. The van der Waals surface area contributed by atoms with Crippen LogP contribution in [0.1, 0.15) is 10.4 Å². The Hall–Kier alpha value is -1.69. The van der Waals surface area contributed by atoms with Gasteiger partial charge in [-0.3, -0.25) is 10.1 Å². The number of carbonyl (C=O) groups is 2. The first kappa shape index (κ1) is 16.7. The molecule has 0 aliphatic carbocycles. The van der Waals surface area contributed by atoms with Gasteiger partial charge in [-0.1, -0.05) is 29.3 Å². The van der Waals surface area contributed by atoms with Crippen molar-refractivity contribution in [1.29, 1.82) is 0 Å². The van der Waals surface area contributed by atoms with Crippen molar-refractivity contribution in [1.82, 2.24) is 5.32 Å². The lowest BCUT2D eigenvalue weighted by Gasteiger charge is -2.09. The van der Waals surface area contributed by atoms with Gasteiger partial charge >= 0.3 is 6.03 Å². The van der Waals surface area contributed by atoms with Gasteiger partial charge in [0.15, 0.2) is 0 Å². The Morgan fingerprint density at radius 1 is 1.00 bits per heavy atom. The van der Waals surface area contributed by atoms with Crippen molar-refractivity contribution in [2.24, 2.45) is 0 Å². The van der Waals surface area contributed by atoms with E-state index in [9.17, 15) is 9.59 Å². The van der Waals surface area contributed by atoms with Crippen molar-refractivity contribution >= 4 is 52.6 Å². The van der Waals surface area contributed by atoms with Crippen LogP contribution in [0.15, 0.2) is 47.4 Å². The summed E-state index contributed by atoms with van der Waals surface area (Å²) in [4.78, 5) is 25.0. The van der Waals surface area contributed by atoms with E-state index in [4.69, 9.17) is 23.2 Å². The fourth-order valence-corrected chi connectivity index (χ4v) is 2.69. The second-order valence-corrected chi connectivity index (χ2v) is 5.93. The molecule has 114 valence electrons. The molecule has 0 aliphatic heterocycles. The van der Waals surface area contributed by atoms with Gasteiger partial charge in [0, 0.05) is 10.6 Å². The normalized spacial score (nSPS) is 10.1. The van der Waals surface area contributed by atoms with Crippen LogP contribution in [-0.4, -0.2) is 18.2 Å². The van der Waals surface area contributed by atoms with Crippen LogP contribution >= 0.6 is 35.0 Å². The van der Waals surface area contributed by atoms with Crippen LogP contribution in [-0.2, 0) is 0 Å². The van der Waals surface area contributed by atoms with E-state index < -0.39 is 11.9 Å². The van der Waals surface area contributed by atoms with Gasteiger partial charge in [0.1, 0.15) is 0 Å². The van der Waals surface area contributed by atoms with E-state index in [1.54, 1.807) is 30.0 Å². The highest BCUT2D eigenvalue weighted by Crippen LogP contribution is 2.24. The minimum Gasteiger partial charge on any atom is -0.308 e. The highest BCUT2D eigenvalue weighted by Gasteiger charge is 2.16. The number of imide groups is 1. The number of urea groups is 1. The number of hydrogen-bond donors (Lipinski definition) is 2. The monoisotopic (exact) mass is 354 g/mol. The quantitative estimate of drug-likeness (QED) is 0.786. The molecular weight excluding hydrogens is 343 g/mol. The summed E-state index contributed by atoms with van der Waals surface area (Å²) in [7, 11) is 0. The molecule has 0 spiro atoms. The lowest BCUT2D eigenvalue weighted by atomic mass is 10.2. The van der Waals surface area contributed by atoms with Crippen molar-refractivity contribution < 1.29 is 9.59 Å². The molecule has 2 N–H and O–H groups in total. The van der Waals surface area contributed by atoms with Gasteiger partial charge in [0.2, 0.25) is 0 Å². The molecule has 0 saturated carbocycles. The molecule has 0 radical (unpaired) electrons.